The molecule has 0 bridgehead atoms. The lowest BCUT2D eigenvalue weighted by molar-refractivity contribution is 0.255. The molecule has 1 aliphatic heterocycles. The van der Waals surface area contributed by atoms with E-state index in [0.717, 1.165) is 0 Å². The number of rotatable bonds is 3. The van der Waals surface area contributed by atoms with Crippen molar-refractivity contribution in [3.8, 4) is 0 Å². The molecule has 0 aliphatic carbocycles. The van der Waals surface area contributed by atoms with Crippen LogP contribution in [0.25, 0.3) is 0 Å². The maximum absolute atomic E-state index is 3.37. The van der Waals surface area contributed by atoms with Crippen molar-refractivity contribution in [2.24, 2.45) is 0 Å². The van der Waals surface area contributed by atoms with Gasteiger partial charge < -0.3 is 10.2 Å². The van der Waals surface area contributed by atoms with E-state index in [1.54, 1.807) is 0 Å². The Hall–Kier alpha value is 0.270. The van der Waals surface area contributed by atoms with Crippen LogP contribution in [-0.4, -0.2) is 55.9 Å². The van der Waals surface area contributed by atoms with E-state index in [2.05, 4.69) is 22.7 Å². The molecule has 2 nitrogen and oxygen atoms in total. The van der Waals surface area contributed by atoms with E-state index in [4.69, 9.17) is 0 Å². The lowest BCUT2D eigenvalue weighted by Crippen LogP contribution is -2.44. The van der Waals surface area contributed by atoms with E-state index in [9.17, 15) is 0 Å². The zero-order chi connectivity index (χ0) is 8.10. The lowest BCUT2D eigenvalue weighted by atomic mass is 10.4. The summed E-state index contributed by atoms with van der Waals surface area (Å²) < 4.78 is 0. The van der Waals surface area contributed by atoms with E-state index in [-0.39, 0.29) is 0 Å². The molecule has 0 unspecified atom stereocenters. The highest BCUT2D eigenvalue weighted by atomic mass is 32.2. The molecular weight excluding hydrogens is 156 g/mol. The largest absolute Gasteiger partial charge is 0.314 e. The maximum atomic E-state index is 3.37. The quantitative estimate of drug-likeness (QED) is 0.595. The Bertz CT molecular complexity index is 100. The van der Waals surface area contributed by atoms with Gasteiger partial charge in [-0.05, 0) is 18.3 Å². The van der Waals surface area contributed by atoms with Crippen LogP contribution in [0, 0.1) is 0 Å². The lowest BCUT2D eigenvalue weighted by Gasteiger charge is -2.28. The van der Waals surface area contributed by atoms with Gasteiger partial charge in [0.1, 0.15) is 0 Å². The molecule has 0 aromatic heterocycles. The summed E-state index contributed by atoms with van der Waals surface area (Å²) in [7, 11) is 0.313. The molecule has 3 heteroatoms. The van der Waals surface area contributed by atoms with Gasteiger partial charge in [-0.1, -0.05) is 0 Å². The number of hydrogen-bond acceptors (Lipinski definition) is 2. The van der Waals surface area contributed by atoms with Crippen LogP contribution in [0.1, 0.15) is 0 Å². The minimum absolute atomic E-state index is 0.313. The molecule has 0 saturated carbocycles. The van der Waals surface area contributed by atoms with E-state index < -0.39 is 0 Å². The Balaban J connectivity index is 2.05. The molecular formula is C8H20N2S. The Labute approximate surface area is 72.7 Å². The second kappa shape index (κ2) is 5.01. The van der Waals surface area contributed by atoms with Crippen LogP contribution in [0.5, 0.6) is 0 Å². The molecule has 1 aliphatic rings. The fourth-order valence-electron chi connectivity index (χ4n) is 1.28. The molecule has 0 spiro atoms. The molecule has 1 heterocycles. The minimum atomic E-state index is 0.313. The zero-order valence-corrected chi connectivity index (χ0v) is 8.53. The minimum Gasteiger partial charge on any atom is -0.314 e. The third-order valence-electron chi connectivity index (χ3n) is 2.07. The molecule has 11 heavy (non-hydrogen) atoms. The van der Waals surface area contributed by atoms with Gasteiger partial charge in [0.25, 0.3) is 0 Å². The summed E-state index contributed by atoms with van der Waals surface area (Å²) in [5.41, 5.74) is 0. The Kier molecular flexibility index (Phi) is 4.26. The molecule has 0 aromatic rings. The van der Waals surface area contributed by atoms with Gasteiger partial charge in [0.15, 0.2) is 0 Å². The van der Waals surface area contributed by atoms with Crippen molar-refractivity contribution in [2.45, 2.75) is 0 Å². The van der Waals surface area contributed by atoms with Gasteiger partial charge in [0.2, 0.25) is 0 Å². The van der Waals surface area contributed by atoms with Crippen molar-refractivity contribution in [3.63, 3.8) is 0 Å². The van der Waals surface area contributed by atoms with Gasteiger partial charge in [-0.15, -0.1) is 0 Å². The zero-order valence-electron chi connectivity index (χ0n) is 7.64. The second-order valence-corrected chi connectivity index (χ2v) is 6.00. The van der Waals surface area contributed by atoms with Crippen LogP contribution >= 0.6 is 10.9 Å². The van der Waals surface area contributed by atoms with Crippen LogP contribution in [0.3, 0.4) is 0 Å². The van der Waals surface area contributed by atoms with Gasteiger partial charge in [-0.3, -0.25) is 10.9 Å². The summed E-state index contributed by atoms with van der Waals surface area (Å²) in [5, 5.41) is 3.37. The van der Waals surface area contributed by atoms with Gasteiger partial charge in [-0.2, -0.15) is 0 Å². The summed E-state index contributed by atoms with van der Waals surface area (Å²) >= 11 is 0. The monoisotopic (exact) mass is 176 g/mol. The summed E-state index contributed by atoms with van der Waals surface area (Å²) in [6, 6.07) is 0. The topological polar surface area (TPSA) is 15.3 Å². The summed E-state index contributed by atoms with van der Waals surface area (Å²) in [6.07, 6.45) is 4.72. The number of hydrogen-bond donors (Lipinski definition) is 2. The van der Waals surface area contributed by atoms with Crippen LogP contribution in [0.4, 0.5) is 0 Å². The van der Waals surface area contributed by atoms with Crippen LogP contribution in [-0.2, 0) is 0 Å². The Morgan fingerprint density at radius 1 is 1.27 bits per heavy atom. The van der Waals surface area contributed by atoms with Crippen LogP contribution in [0.2, 0.25) is 0 Å². The highest BCUT2D eigenvalue weighted by molar-refractivity contribution is 8.15. The third-order valence-corrected chi connectivity index (χ3v) is 3.17. The Morgan fingerprint density at radius 2 is 1.91 bits per heavy atom. The second-order valence-electron chi connectivity index (χ2n) is 3.39. The number of nitrogens with zero attached hydrogens (tertiary/aromatic N) is 1. The first kappa shape index (κ1) is 9.36. The highest BCUT2D eigenvalue weighted by Gasteiger charge is 2.07. The van der Waals surface area contributed by atoms with E-state index in [1.165, 1.54) is 38.5 Å². The summed E-state index contributed by atoms with van der Waals surface area (Å²) in [4.78, 5) is 2.57. The van der Waals surface area contributed by atoms with Gasteiger partial charge in [0.05, 0.1) is 0 Å². The smallest absolute Gasteiger partial charge is 0.0108 e. The van der Waals surface area contributed by atoms with Crippen molar-refractivity contribution in [2.75, 3.05) is 51.0 Å². The molecule has 0 atom stereocenters. The first-order valence-corrected chi connectivity index (χ1v) is 6.79. The summed E-state index contributed by atoms with van der Waals surface area (Å²) in [6.45, 7) is 6.20. The standard InChI is InChI=1S/C8H20N2S/c1-11(2)8-7-10-5-3-9-4-6-10/h9,11H,3-8H2,1-2H3. The van der Waals surface area contributed by atoms with Crippen molar-refractivity contribution in [3.05, 3.63) is 0 Å². The van der Waals surface area contributed by atoms with E-state index >= 15 is 0 Å². The Morgan fingerprint density at radius 3 is 2.45 bits per heavy atom. The molecule has 1 rings (SSSR count). The summed E-state index contributed by atoms with van der Waals surface area (Å²) in [5.74, 6) is 1.41. The molecule has 1 saturated heterocycles. The van der Waals surface area contributed by atoms with Crippen molar-refractivity contribution in [1.29, 1.82) is 0 Å². The molecule has 1 N–H and O–H groups in total. The normalized spacial score (nSPS) is 21.8. The van der Waals surface area contributed by atoms with Crippen molar-refractivity contribution in [1.82, 2.24) is 10.2 Å². The number of piperazine rings is 1. The first-order chi connectivity index (χ1) is 5.29. The van der Waals surface area contributed by atoms with Crippen molar-refractivity contribution < 1.29 is 0 Å². The van der Waals surface area contributed by atoms with Gasteiger partial charge in [0, 0.05) is 32.7 Å². The number of nitrogens with one attached hydrogen (secondary N) is 1. The molecule has 0 amide bonds. The molecule has 0 radical (unpaired) electrons. The van der Waals surface area contributed by atoms with Crippen LogP contribution in [0.15, 0.2) is 0 Å². The maximum Gasteiger partial charge on any atom is 0.0108 e. The SMILES string of the molecule is C[SH](C)CCN1CCNCC1. The predicted molar refractivity (Wildman–Crippen MR) is 55.0 cm³/mol. The number of thiol groups is 1. The molecule has 1 fully saturated rings. The van der Waals surface area contributed by atoms with E-state index in [0.29, 0.717) is 10.9 Å². The fraction of sp³-hybridized carbons (Fsp3) is 1.00. The average molecular weight is 176 g/mol. The van der Waals surface area contributed by atoms with Crippen molar-refractivity contribution >= 4 is 10.9 Å². The third kappa shape index (κ3) is 3.99. The molecule has 68 valence electrons. The van der Waals surface area contributed by atoms with Crippen LogP contribution < -0.4 is 5.32 Å². The van der Waals surface area contributed by atoms with Gasteiger partial charge >= 0.3 is 0 Å². The first-order valence-electron chi connectivity index (χ1n) is 4.37. The average Bonchev–Trinajstić information content (AvgIpc) is 2.03. The van der Waals surface area contributed by atoms with E-state index in [1.807, 2.05) is 0 Å². The van der Waals surface area contributed by atoms with Gasteiger partial charge in [-0.25, -0.2) is 0 Å². The fourth-order valence-corrected chi connectivity index (χ4v) is 1.96. The molecule has 0 aromatic carbocycles. The highest BCUT2D eigenvalue weighted by Crippen LogP contribution is 2.12. The predicted octanol–water partition coefficient (Wildman–Crippen LogP) is 0.152.